The van der Waals surface area contributed by atoms with Gasteiger partial charge in [0.15, 0.2) is 0 Å². The molecule has 1 aromatic heterocycles. The molecule has 0 amide bonds. The summed E-state index contributed by atoms with van der Waals surface area (Å²) in [6, 6.07) is 0.103. The minimum absolute atomic E-state index is 0.103. The number of rotatable bonds is 4. The van der Waals surface area contributed by atoms with Gasteiger partial charge in [-0.05, 0) is 25.5 Å². The fraction of sp³-hybridized carbons (Fsp3) is 0.583. The Balaban J connectivity index is 2.19. The zero-order valence-corrected chi connectivity index (χ0v) is 9.94. The monoisotopic (exact) mass is 221 g/mol. The van der Waals surface area contributed by atoms with E-state index >= 15 is 0 Å². The van der Waals surface area contributed by atoms with E-state index in [1.165, 1.54) is 0 Å². The smallest absolute Gasteiger partial charge is 0.115 e. The van der Waals surface area contributed by atoms with Crippen LogP contribution in [-0.4, -0.2) is 22.7 Å². The summed E-state index contributed by atoms with van der Waals surface area (Å²) in [4.78, 5) is 4.39. The second-order valence-corrected chi connectivity index (χ2v) is 4.05. The van der Waals surface area contributed by atoms with Gasteiger partial charge in [0.25, 0.3) is 0 Å². The molecule has 1 aromatic rings. The molecule has 1 N–H and O–H groups in total. The molecule has 0 aromatic carbocycles. The average Bonchev–Trinajstić information content (AvgIpc) is 2.74. The summed E-state index contributed by atoms with van der Waals surface area (Å²) < 4.78 is 7.67. The van der Waals surface area contributed by atoms with Crippen molar-refractivity contribution < 1.29 is 4.74 Å². The van der Waals surface area contributed by atoms with Crippen LogP contribution in [0.5, 0.6) is 0 Å². The van der Waals surface area contributed by atoms with Gasteiger partial charge >= 0.3 is 0 Å². The van der Waals surface area contributed by atoms with E-state index < -0.39 is 0 Å². The maximum Gasteiger partial charge on any atom is 0.115 e. The predicted molar refractivity (Wildman–Crippen MR) is 62.9 cm³/mol. The quantitative estimate of drug-likeness (QED) is 0.842. The molecule has 1 atom stereocenters. The van der Waals surface area contributed by atoms with Crippen molar-refractivity contribution in [1.29, 1.82) is 0 Å². The van der Waals surface area contributed by atoms with Crippen LogP contribution in [0.15, 0.2) is 24.4 Å². The van der Waals surface area contributed by atoms with Crippen LogP contribution in [0.25, 0.3) is 0 Å². The van der Waals surface area contributed by atoms with E-state index in [1.54, 1.807) is 0 Å². The minimum atomic E-state index is 0.103. The summed E-state index contributed by atoms with van der Waals surface area (Å²) >= 11 is 0. The van der Waals surface area contributed by atoms with Crippen molar-refractivity contribution in [2.75, 3.05) is 13.2 Å². The molecular weight excluding hydrogens is 202 g/mol. The Morgan fingerprint density at radius 3 is 3.06 bits per heavy atom. The van der Waals surface area contributed by atoms with E-state index in [2.05, 4.69) is 23.3 Å². The van der Waals surface area contributed by atoms with Gasteiger partial charge in [0.05, 0.1) is 18.6 Å². The predicted octanol–water partition coefficient (Wildman–Crippen LogP) is 1.76. The van der Waals surface area contributed by atoms with Crippen molar-refractivity contribution in [2.24, 2.45) is 7.05 Å². The van der Waals surface area contributed by atoms with Gasteiger partial charge in [0, 0.05) is 13.2 Å². The maximum atomic E-state index is 5.71. The third-order valence-electron chi connectivity index (χ3n) is 2.68. The summed E-state index contributed by atoms with van der Waals surface area (Å²) in [5.74, 6) is 1.02. The summed E-state index contributed by atoms with van der Waals surface area (Å²) in [6.07, 6.45) is 8.25. The highest BCUT2D eigenvalue weighted by Crippen LogP contribution is 2.24. The van der Waals surface area contributed by atoms with Gasteiger partial charge in [-0.15, -0.1) is 0 Å². The molecule has 1 unspecified atom stereocenters. The number of nitrogens with one attached hydrogen (secondary N) is 1. The first-order chi connectivity index (χ1) is 7.81. The van der Waals surface area contributed by atoms with E-state index in [9.17, 15) is 0 Å². The van der Waals surface area contributed by atoms with Crippen molar-refractivity contribution in [3.05, 3.63) is 30.1 Å². The van der Waals surface area contributed by atoms with Gasteiger partial charge in [-0.1, -0.05) is 6.92 Å². The lowest BCUT2D eigenvalue weighted by atomic mass is 10.1. The molecule has 4 nitrogen and oxygen atoms in total. The molecular formula is C12H19N3O. The van der Waals surface area contributed by atoms with E-state index in [1.807, 2.05) is 24.1 Å². The molecule has 0 radical (unpaired) electrons. The SMILES string of the molecule is CCNC(C1=CCCCO1)c1cn(C)cn1. The van der Waals surface area contributed by atoms with Crippen LogP contribution in [-0.2, 0) is 11.8 Å². The largest absolute Gasteiger partial charge is 0.496 e. The first-order valence-corrected chi connectivity index (χ1v) is 5.85. The molecule has 16 heavy (non-hydrogen) atoms. The highest BCUT2D eigenvalue weighted by atomic mass is 16.5. The first-order valence-electron chi connectivity index (χ1n) is 5.85. The second kappa shape index (κ2) is 5.16. The van der Waals surface area contributed by atoms with Crippen molar-refractivity contribution in [1.82, 2.24) is 14.9 Å². The van der Waals surface area contributed by atoms with Gasteiger partial charge < -0.3 is 14.6 Å². The number of nitrogens with zero attached hydrogens (tertiary/aromatic N) is 2. The number of hydrogen-bond acceptors (Lipinski definition) is 3. The van der Waals surface area contributed by atoms with Gasteiger partial charge in [-0.3, -0.25) is 0 Å². The molecule has 0 aliphatic carbocycles. The van der Waals surface area contributed by atoms with Crippen LogP contribution in [0.2, 0.25) is 0 Å². The van der Waals surface area contributed by atoms with Crippen LogP contribution >= 0.6 is 0 Å². The first kappa shape index (κ1) is 11.2. The number of aryl methyl sites for hydroxylation is 1. The summed E-state index contributed by atoms with van der Waals surface area (Å²) in [5, 5.41) is 3.41. The number of aromatic nitrogens is 2. The topological polar surface area (TPSA) is 39.1 Å². The van der Waals surface area contributed by atoms with Crippen LogP contribution in [0.3, 0.4) is 0 Å². The minimum Gasteiger partial charge on any atom is -0.496 e. The molecule has 0 bridgehead atoms. The fourth-order valence-electron chi connectivity index (χ4n) is 1.91. The zero-order chi connectivity index (χ0) is 11.4. The van der Waals surface area contributed by atoms with Gasteiger partial charge in [0.2, 0.25) is 0 Å². The molecule has 0 saturated heterocycles. The molecule has 4 heteroatoms. The van der Waals surface area contributed by atoms with Crippen molar-refractivity contribution >= 4 is 0 Å². The lowest BCUT2D eigenvalue weighted by Gasteiger charge is -2.23. The van der Waals surface area contributed by atoms with E-state index in [0.29, 0.717) is 0 Å². The standard InChI is InChI=1S/C12H19N3O/c1-3-13-12(10-8-15(2)9-14-10)11-6-4-5-7-16-11/h6,8-9,12-13H,3-5,7H2,1-2H3. The Morgan fingerprint density at radius 2 is 2.50 bits per heavy atom. The number of allylic oxidation sites excluding steroid dienone is 1. The Hall–Kier alpha value is -1.29. The van der Waals surface area contributed by atoms with E-state index in [0.717, 1.165) is 37.4 Å². The third kappa shape index (κ3) is 2.44. The third-order valence-corrected chi connectivity index (χ3v) is 2.68. The van der Waals surface area contributed by atoms with Gasteiger partial charge in [-0.2, -0.15) is 0 Å². The lowest BCUT2D eigenvalue weighted by Crippen LogP contribution is -2.25. The van der Waals surface area contributed by atoms with Crippen LogP contribution < -0.4 is 5.32 Å². The van der Waals surface area contributed by atoms with Crippen molar-refractivity contribution in [2.45, 2.75) is 25.8 Å². The van der Waals surface area contributed by atoms with Crippen molar-refractivity contribution in [3.8, 4) is 0 Å². The zero-order valence-electron chi connectivity index (χ0n) is 9.94. The summed E-state index contributed by atoms with van der Waals surface area (Å²) in [6.45, 7) is 3.82. The Kier molecular flexibility index (Phi) is 3.62. The second-order valence-electron chi connectivity index (χ2n) is 4.05. The van der Waals surface area contributed by atoms with E-state index in [-0.39, 0.29) is 6.04 Å². The van der Waals surface area contributed by atoms with E-state index in [4.69, 9.17) is 4.74 Å². The van der Waals surface area contributed by atoms with Crippen LogP contribution in [0, 0.1) is 0 Å². The molecule has 0 fully saturated rings. The molecule has 1 aliphatic rings. The molecule has 1 aliphatic heterocycles. The van der Waals surface area contributed by atoms with Crippen LogP contribution in [0.4, 0.5) is 0 Å². The fourth-order valence-corrected chi connectivity index (χ4v) is 1.91. The molecule has 0 spiro atoms. The molecule has 2 heterocycles. The van der Waals surface area contributed by atoms with Crippen molar-refractivity contribution in [3.63, 3.8) is 0 Å². The normalized spacial score (nSPS) is 17.8. The Bertz CT molecular complexity index is 370. The lowest BCUT2D eigenvalue weighted by molar-refractivity contribution is 0.167. The number of ether oxygens (including phenoxy) is 1. The molecule has 88 valence electrons. The Labute approximate surface area is 96.3 Å². The Morgan fingerprint density at radius 1 is 1.62 bits per heavy atom. The summed E-state index contributed by atoms with van der Waals surface area (Å²) in [5.41, 5.74) is 1.03. The number of likely N-dealkylation sites (N-methyl/N-ethyl adjacent to an activating group) is 1. The molecule has 0 saturated carbocycles. The highest BCUT2D eigenvalue weighted by Gasteiger charge is 2.20. The maximum absolute atomic E-state index is 5.71. The highest BCUT2D eigenvalue weighted by molar-refractivity contribution is 5.17. The summed E-state index contributed by atoms with van der Waals surface area (Å²) in [7, 11) is 1.98. The van der Waals surface area contributed by atoms with Gasteiger partial charge in [-0.25, -0.2) is 4.98 Å². The number of hydrogen-bond donors (Lipinski definition) is 1. The average molecular weight is 221 g/mol. The van der Waals surface area contributed by atoms with Gasteiger partial charge in [0.1, 0.15) is 11.8 Å². The number of imidazole rings is 1. The molecule has 2 rings (SSSR count). The van der Waals surface area contributed by atoms with Crippen LogP contribution in [0.1, 0.15) is 31.5 Å².